The number of ether oxygens (including phenoxy) is 1. The van der Waals surface area contributed by atoms with Crippen LogP contribution in [0.3, 0.4) is 0 Å². The van der Waals surface area contributed by atoms with Crippen molar-refractivity contribution in [2.45, 2.75) is 19.8 Å². The number of benzene rings is 1. The zero-order valence-corrected chi connectivity index (χ0v) is 17.5. The van der Waals surface area contributed by atoms with E-state index in [1.807, 2.05) is 22.4 Å². The van der Waals surface area contributed by atoms with Gasteiger partial charge in [0.15, 0.2) is 5.13 Å². The van der Waals surface area contributed by atoms with Crippen molar-refractivity contribution in [2.75, 3.05) is 56.2 Å². The summed E-state index contributed by atoms with van der Waals surface area (Å²) in [4.78, 5) is 24.1. The molecule has 2 fully saturated rings. The van der Waals surface area contributed by atoms with Crippen LogP contribution in [0.1, 0.15) is 30.3 Å². The van der Waals surface area contributed by atoms with E-state index in [0.717, 1.165) is 56.6 Å². The van der Waals surface area contributed by atoms with Crippen molar-refractivity contribution < 1.29 is 9.53 Å². The molecule has 2 aliphatic heterocycles. The molecule has 4 rings (SSSR count). The van der Waals surface area contributed by atoms with Gasteiger partial charge in [-0.25, -0.2) is 4.98 Å². The Morgan fingerprint density at radius 3 is 2.71 bits per heavy atom. The maximum atomic E-state index is 12.8. The van der Waals surface area contributed by atoms with Gasteiger partial charge < -0.3 is 19.4 Å². The average Bonchev–Trinajstić information content (AvgIpc) is 3.23. The van der Waals surface area contributed by atoms with Gasteiger partial charge in [0.1, 0.15) is 11.4 Å². The Morgan fingerprint density at radius 2 is 1.96 bits per heavy atom. The summed E-state index contributed by atoms with van der Waals surface area (Å²) in [7, 11) is 1.70. The van der Waals surface area contributed by atoms with E-state index in [9.17, 15) is 4.79 Å². The quantitative estimate of drug-likeness (QED) is 0.788. The molecule has 1 atom stereocenters. The highest BCUT2D eigenvalue weighted by molar-refractivity contribution is 7.13. The predicted molar refractivity (Wildman–Crippen MR) is 114 cm³/mol. The monoisotopic (exact) mass is 400 g/mol. The van der Waals surface area contributed by atoms with Crippen LogP contribution in [0, 0.1) is 5.92 Å². The van der Waals surface area contributed by atoms with E-state index in [2.05, 4.69) is 33.8 Å². The molecule has 0 spiro atoms. The molecule has 2 aromatic rings. The van der Waals surface area contributed by atoms with Crippen molar-refractivity contribution in [3.05, 3.63) is 35.3 Å². The van der Waals surface area contributed by atoms with Gasteiger partial charge in [-0.05, 0) is 30.9 Å². The molecule has 0 radical (unpaired) electrons. The first-order valence-electron chi connectivity index (χ1n) is 10.0. The fraction of sp³-hybridized carbons (Fsp3) is 0.524. The zero-order chi connectivity index (χ0) is 19.5. The van der Waals surface area contributed by atoms with Crippen molar-refractivity contribution in [3.8, 4) is 5.75 Å². The average molecular weight is 401 g/mol. The Kier molecular flexibility index (Phi) is 5.71. The molecule has 0 unspecified atom stereocenters. The lowest BCUT2D eigenvalue weighted by Crippen LogP contribution is -2.46. The summed E-state index contributed by atoms with van der Waals surface area (Å²) in [6.45, 7) is 7.59. The molecule has 3 heterocycles. The van der Waals surface area contributed by atoms with E-state index in [1.165, 1.54) is 12.1 Å². The third-order valence-electron chi connectivity index (χ3n) is 5.62. The maximum Gasteiger partial charge on any atom is 0.273 e. The molecule has 2 saturated heterocycles. The van der Waals surface area contributed by atoms with Crippen LogP contribution in [0.4, 0.5) is 10.8 Å². The van der Waals surface area contributed by atoms with E-state index in [1.54, 1.807) is 18.4 Å². The lowest BCUT2D eigenvalue weighted by molar-refractivity contribution is 0.0678. The minimum Gasteiger partial charge on any atom is -0.497 e. The van der Waals surface area contributed by atoms with Gasteiger partial charge in [0.05, 0.1) is 7.11 Å². The number of aromatic nitrogens is 1. The number of rotatable bonds is 4. The van der Waals surface area contributed by atoms with E-state index in [-0.39, 0.29) is 5.91 Å². The molecular weight excluding hydrogens is 372 g/mol. The smallest absolute Gasteiger partial charge is 0.273 e. The van der Waals surface area contributed by atoms with Crippen LogP contribution in [-0.2, 0) is 0 Å². The summed E-state index contributed by atoms with van der Waals surface area (Å²) < 4.78 is 5.34. The molecule has 7 heteroatoms. The number of thiazole rings is 1. The van der Waals surface area contributed by atoms with E-state index in [4.69, 9.17) is 4.74 Å². The normalized spacial score (nSPS) is 20.4. The second-order valence-corrected chi connectivity index (χ2v) is 8.53. The molecule has 0 bridgehead atoms. The van der Waals surface area contributed by atoms with E-state index in [0.29, 0.717) is 11.6 Å². The van der Waals surface area contributed by atoms with Gasteiger partial charge in [0, 0.05) is 56.4 Å². The summed E-state index contributed by atoms with van der Waals surface area (Å²) in [5, 5.41) is 2.88. The molecule has 28 heavy (non-hydrogen) atoms. The van der Waals surface area contributed by atoms with Gasteiger partial charge in [-0.15, -0.1) is 11.3 Å². The number of nitrogens with zero attached hydrogens (tertiary/aromatic N) is 4. The number of methoxy groups -OCH3 is 1. The summed E-state index contributed by atoms with van der Waals surface area (Å²) in [5.41, 5.74) is 1.79. The standard InChI is InChI=1S/C21H28N4O2S/c1-16-5-4-8-25(14-16)20(26)19-15-28-21(22-19)24-11-9-23(10-12-24)17-6-3-7-18(13-17)27-2/h3,6-7,13,15-16H,4-5,8-12,14H2,1-2H3/t16-/m1/s1. The highest BCUT2D eigenvalue weighted by atomic mass is 32.1. The molecule has 0 aliphatic carbocycles. The van der Waals surface area contributed by atoms with Gasteiger partial charge in [0.2, 0.25) is 0 Å². The van der Waals surface area contributed by atoms with Crippen LogP contribution < -0.4 is 14.5 Å². The second kappa shape index (κ2) is 8.39. The fourth-order valence-electron chi connectivity index (χ4n) is 4.01. The van der Waals surface area contributed by atoms with Gasteiger partial charge >= 0.3 is 0 Å². The first kappa shape index (κ1) is 19.1. The molecule has 0 N–H and O–H groups in total. The number of hydrogen-bond acceptors (Lipinski definition) is 6. The van der Waals surface area contributed by atoms with Crippen LogP contribution in [0.5, 0.6) is 5.75 Å². The van der Waals surface area contributed by atoms with Crippen LogP contribution in [0.2, 0.25) is 0 Å². The Bertz CT molecular complexity index is 816. The zero-order valence-electron chi connectivity index (χ0n) is 16.6. The molecule has 2 aliphatic rings. The second-order valence-electron chi connectivity index (χ2n) is 7.69. The van der Waals surface area contributed by atoms with Gasteiger partial charge in [-0.2, -0.15) is 0 Å². The number of piperazine rings is 1. The van der Waals surface area contributed by atoms with Crippen molar-refractivity contribution in [3.63, 3.8) is 0 Å². The molecule has 1 aromatic carbocycles. The number of anilines is 2. The summed E-state index contributed by atoms with van der Waals surface area (Å²) in [6.07, 6.45) is 2.31. The number of likely N-dealkylation sites (tertiary alicyclic amines) is 1. The minimum absolute atomic E-state index is 0.0871. The van der Waals surface area contributed by atoms with Crippen LogP contribution in [0.15, 0.2) is 29.6 Å². The van der Waals surface area contributed by atoms with Gasteiger partial charge in [0.25, 0.3) is 5.91 Å². The third-order valence-corrected chi connectivity index (χ3v) is 6.53. The molecule has 150 valence electrons. The van der Waals surface area contributed by atoms with E-state index >= 15 is 0 Å². The van der Waals surface area contributed by atoms with Crippen molar-refractivity contribution >= 4 is 28.1 Å². The van der Waals surface area contributed by atoms with Crippen LogP contribution in [-0.4, -0.2) is 62.2 Å². The highest BCUT2D eigenvalue weighted by Crippen LogP contribution is 2.27. The maximum absolute atomic E-state index is 12.8. The minimum atomic E-state index is 0.0871. The van der Waals surface area contributed by atoms with Crippen LogP contribution in [0.25, 0.3) is 0 Å². The first-order chi connectivity index (χ1) is 13.6. The van der Waals surface area contributed by atoms with Crippen molar-refractivity contribution in [1.29, 1.82) is 0 Å². The topological polar surface area (TPSA) is 48.9 Å². The molecule has 1 aromatic heterocycles. The van der Waals surface area contributed by atoms with E-state index < -0.39 is 0 Å². The number of carbonyl (C=O) groups excluding carboxylic acids is 1. The third kappa shape index (κ3) is 4.09. The highest BCUT2D eigenvalue weighted by Gasteiger charge is 2.25. The lowest BCUT2D eigenvalue weighted by atomic mass is 10.0. The number of amides is 1. The largest absolute Gasteiger partial charge is 0.497 e. The van der Waals surface area contributed by atoms with Crippen molar-refractivity contribution in [1.82, 2.24) is 9.88 Å². The number of carbonyl (C=O) groups is 1. The first-order valence-corrected chi connectivity index (χ1v) is 10.9. The predicted octanol–water partition coefficient (Wildman–Crippen LogP) is 3.35. The molecular formula is C21H28N4O2S. The van der Waals surface area contributed by atoms with Gasteiger partial charge in [-0.3, -0.25) is 4.79 Å². The molecule has 6 nitrogen and oxygen atoms in total. The van der Waals surface area contributed by atoms with Crippen LogP contribution >= 0.6 is 11.3 Å². The molecule has 1 amide bonds. The Hall–Kier alpha value is -2.28. The lowest BCUT2D eigenvalue weighted by Gasteiger charge is -2.36. The summed E-state index contributed by atoms with van der Waals surface area (Å²) in [5.74, 6) is 1.56. The number of hydrogen-bond donors (Lipinski definition) is 0. The Morgan fingerprint density at radius 1 is 1.18 bits per heavy atom. The fourth-order valence-corrected chi connectivity index (χ4v) is 4.86. The SMILES string of the molecule is COc1cccc(N2CCN(c3nc(C(=O)N4CCC[C@@H](C)C4)cs3)CC2)c1. The molecule has 0 saturated carbocycles. The van der Waals surface area contributed by atoms with Gasteiger partial charge in [-0.1, -0.05) is 13.0 Å². The Labute approximate surface area is 170 Å². The Balaban J connectivity index is 1.37. The van der Waals surface area contributed by atoms with Crippen molar-refractivity contribution in [2.24, 2.45) is 5.92 Å². The number of piperidine rings is 1. The summed E-state index contributed by atoms with van der Waals surface area (Å²) in [6, 6.07) is 8.20. The summed E-state index contributed by atoms with van der Waals surface area (Å²) >= 11 is 1.58.